The van der Waals surface area contributed by atoms with Gasteiger partial charge >= 0.3 is 5.97 Å². The Bertz CT molecular complexity index is 593. The van der Waals surface area contributed by atoms with Gasteiger partial charge in [-0.05, 0) is 25.0 Å². The predicted octanol–water partition coefficient (Wildman–Crippen LogP) is 1.46. The highest BCUT2D eigenvalue weighted by Gasteiger charge is 2.15. The van der Waals surface area contributed by atoms with Gasteiger partial charge in [-0.3, -0.25) is 0 Å². The van der Waals surface area contributed by atoms with E-state index >= 15 is 0 Å². The highest BCUT2D eigenvalue weighted by atomic mass is 16.5. The molecule has 1 aromatic heterocycles. The highest BCUT2D eigenvalue weighted by Crippen LogP contribution is 2.16. The monoisotopic (exact) mass is 261 g/mol. The summed E-state index contributed by atoms with van der Waals surface area (Å²) < 4.78 is 6.62. The molecule has 0 aliphatic carbocycles. The van der Waals surface area contributed by atoms with Crippen molar-refractivity contribution in [2.45, 2.75) is 13.3 Å². The number of aromatic nitrogens is 3. The third-order valence-corrected chi connectivity index (χ3v) is 2.76. The van der Waals surface area contributed by atoms with Crippen molar-refractivity contribution < 1.29 is 14.6 Å². The molecule has 0 saturated carbocycles. The van der Waals surface area contributed by atoms with Crippen molar-refractivity contribution in [1.82, 2.24) is 14.8 Å². The second-order valence-corrected chi connectivity index (χ2v) is 4.07. The van der Waals surface area contributed by atoms with Crippen LogP contribution in [0.25, 0.3) is 5.69 Å². The topological polar surface area (TPSA) is 77.2 Å². The highest BCUT2D eigenvalue weighted by molar-refractivity contribution is 5.83. The smallest absolute Gasteiger partial charge is 0.375 e. The number of ether oxygens (including phenoxy) is 1. The fourth-order valence-electron chi connectivity index (χ4n) is 1.85. The van der Waals surface area contributed by atoms with Gasteiger partial charge in [-0.1, -0.05) is 18.2 Å². The van der Waals surface area contributed by atoms with Crippen molar-refractivity contribution in [2.24, 2.45) is 0 Å². The van der Waals surface area contributed by atoms with Gasteiger partial charge in [-0.15, -0.1) is 5.10 Å². The van der Waals surface area contributed by atoms with Gasteiger partial charge in [0.05, 0.1) is 12.3 Å². The van der Waals surface area contributed by atoms with Crippen LogP contribution in [0.5, 0.6) is 0 Å². The number of hydrogen-bond donors (Lipinski definition) is 1. The van der Waals surface area contributed by atoms with Crippen LogP contribution in [0.15, 0.2) is 24.3 Å². The van der Waals surface area contributed by atoms with Crippen LogP contribution in [-0.4, -0.2) is 39.6 Å². The Morgan fingerprint density at radius 1 is 1.42 bits per heavy atom. The molecule has 0 bridgehead atoms. The second kappa shape index (κ2) is 5.62. The number of carboxylic acids is 1. The zero-order chi connectivity index (χ0) is 13.8. The number of para-hydroxylation sites is 1. The van der Waals surface area contributed by atoms with E-state index in [-0.39, 0.29) is 5.82 Å². The normalized spacial score (nSPS) is 10.6. The van der Waals surface area contributed by atoms with E-state index in [1.54, 1.807) is 18.7 Å². The predicted molar refractivity (Wildman–Crippen MR) is 68.6 cm³/mol. The molecule has 100 valence electrons. The maximum Gasteiger partial charge on any atom is 0.375 e. The lowest BCUT2D eigenvalue weighted by molar-refractivity contribution is 0.0683. The van der Waals surface area contributed by atoms with Gasteiger partial charge < -0.3 is 9.84 Å². The van der Waals surface area contributed by atoms with Gasteiger partial charge in [0.25, 0.3) is 5.82 Å². The molecular formula is C13H15N3O3. The van der Waals surface area contributed by atoms with Crippen LogP contribution in [-0.2, 0) is 11.2 Å². The Morgan fingerprint density at radius 3 is 2.79 bits per heavy atom. The van der Waals surface area contributed by atoms with Crippen molar-refractivity contribution in [1.29, 1.82) is 0 Å². The fourth-order valence-corrected chi connectivity index (χ4v) is 1.85. The minimum atomic E-state index is -1.13. The zero-order valence-electron chi connectivity index (χ0n) is 10.8. The molecule has 0 aliphatic rings. The lowest BCUT2D eigenvalue weighted by Gasteiger charge is -2.09. The maximum atomic E-state index is 10.9. The molecule has 0 atom stereocenters. The number of carboxylic acid groups (broad SMARTS) is 1. The minimum Gasteiger partial charge on any atom is -0.475 e. The molecule has 0 aliphatic heterocycles. The number of nitrogens with zero attached hydrogens (tertiary/aromatic N) is 3. The van der Waals surface area contributed by atoms with E-state index in [4.69, 9.17) is 9.84 Å². The Hall–Kier alpha value is -2.21. The maximum absolute atomic E-state index is 10.9. The number of aromatic carboxylic acids is 1. The molecule has 0 fully saturated rings. The first-order valence-electron chi connectivity index (χ1n) is 5.87. The molecule has 19 heavy (non-hydrogen) atoms. The first kappa shape index (κ1) is 13.2. The standard InChI is InChI=1S/C13H15N3O3/c1-9-14-12(13(17)18)15-16(9)11-6-4-3-5-10(11)7-8-19-2/h3-6H,7-8H2,1-2H3,(H,17,18). The summed E-state index contributed by atoms with van der Waals surface area (Å²) >= 11 is 0. The third-order valence-electron chi connectivity index (χ3n) is 2.76. The zero-order valence-corrected chi connectivity index (χ0v) is 10.8. The summed E-state index contributed by atoms with van der Waals surface area (Å²) in [6, 6.07) is 7.67. The van der Waals surface area contributed by atoms with E-state index in [0.717, 1.165) is 17.7 Å². The van der Waals surface area contributed by atoms with Gasteiger partial charge in [0.15, 0.2) is 0 Å². The summed E-state index contributed by atoms with van der Waals surface area (Å²) in [6.07, 6.45) is 0.731. The van der Waals surface area contributed by atoms with Gasteiger partial charge in [-0.2, -0.15) is 0 Å². The van der Waals surface area contributed by atoms with Crippen molar-refractivity contribution in [2.75, 3.05) is 13.7 Å². The van der Waals surface area contributed by atoms with Crippen LogP contribution >= 0.6 is 0 Å². The molecule has 2 aromatic rings. The molecule has 6 heteroatoms. The average Bonchev–Trinajstić information content (AvgIpc) is 2.79. The molecule has 1 aromatic carbocycles. The van der Waals surface area contributed by atoms with E-state index < -0.39 is 5.97 Å². The third kappa shape index (κ3) is 2.79. The molecule has 6 nitrogen and oxygen atoms in total. The van der Waals surface area contributed by atoms with Crippen LogP contribution in [0.4, 0.5) is 0 Å². The molecule has 2 rings (SSSR count). The van der Waals surface area contributed by atoms with Crippen molar-refractivity contribution >= 4 is 5.97 Å². The van der Waals surface area contributed by atoms with Crippen LogP contribution in [0, 0.1) is 6.92 Å². The average molecular weight is 261 g/mol. The number of aryl methyl sites for hydroxylation is 1. The van der Waals surface area contributed by atoms with Gasteiger partial charge in [0.1, 0.15) is 5.82 Å². The van der Waals surface area contributed by atoms with Crippen molar-refractivity contribution in [3.05, 3.63) is 41.5 Å². The van der Waals surface area contributed by atoms with E-state index in [1.165, 1.54) is 0 Å². The quantitative estimate of drug-likeness (QED) is 0.881. The molecular weight excluding hydrogens is 246 g/mol. The number of hydrogen-bond acceptors (Lipinski definition) is 4. The summed E-state index contributed by atoms with van der Waals surface area (Å²) in [5.74, 6) is -0.780. The molecule has 0 spiro atoms. The number of benzene rings is 1. The Morgan fingerprint density at radius 2 is 2.16 bits per heavy atom. The van der Waals surface area contributed by atoms with Gasteiger partial charge in [0, 0.05) is 7.11 Å². The molecule has 0 saturated heterocycles. The van der Waals surface area contributed by atoms with Crippen molar-refractivity contribution in [3.8, 4) is 5.69 Å². The second-order valence-electron chi connectivity index (χ2n) is 4.07. The van der Waals surface area contributed by atoms with Crippen LogP contribution in [0.2, 0.25) is 0 Å². The first-order chi connectivity index (χ1) is 9.13. The number of methoxy groups -OCH3 is 1. The molecule has 0 unspecified atom stereocenters. The Kier molecular flexibility index (Phi) is 3.91. The number of carbonyl (C=O) groups is 1. The van der Waals surface area contributed by atoms with Crippen molar-refractivity contribution in [3.63, 3.8) is 0 Å². The van der Waals surface area contributed by atoms with E-state index in [9.17, 15) is 4.79 Å². The van der Waals surface area contributed by atoms with Crippen LogP contribution in [0.1, 0.15) is 22.0 Å². The summed E-state index contributed by atoms with van der Waals surface area (Å²) in [7, 11) is 1.64. The molecule has 0 amide bonds. The minimum absolute atomic E-state index is 0.195. The van der Waals surface area contributed by atoms with E-state index in [0.29, 0.717) is 12.4 Å². The molecule has 1 N–H and O–H groups in total. The van der Waals surface area contributed by atoms with E-state index in [2.05, 4.69) is 10.1 Å². The largest absolute Gasteiger partial charge is 0.475 e. The van der Waals surface area contributed by atoms with Gasteiger partial charge in [-0.25, -0.2) is 14.5 Å². The summed E-state index contributed by atoms with van der Waals surface area (Å²) in [5.41, 5.74) is 1.87. The number of rotatable bonds is 5. The molecule has 0 radical (unpaired) electrons. The van der Waals surface area contributed by atoms with E-state index in [1.807, 2.05) is 24.3 Å². The Balaban J connectivity index is 2.43. The first-order valence-corrected chi connectivity index (χ1v) is 5.87. The Labute approximate surface area is 110 Å². The van der Waals surface area contributed by atoms with Gasteiger partial charge in [0.2, 0.25) is 0 Å². The lowest BCUT2D eigenvalue weighted by atomic mass is 10.1. The molecule has 1 heterocycles. The summed E-state index contributed by atoms with van der Waals surface area (Å²) in [5, 5.41) is 12.9. The van der Waals surface area contributed by atoms with Crippen LogP contribution < -0.4 is 0 Å². The summed E-state index contributed by atoms with van der Waals surface area (Å²) in [4.78, 5) is 14.8. The van der Waals surface area contributed by atoms with Crippen LogP contribution in [0.3, 0.4) is 0 Å². The lowest BCUT2D eigenvalue weighted by Crippen LogP contribution is -2.06. The fraction of sp³-hybridized carbons (Fsp3) is 0.308. The SMILES string of the molecule is COCCc1ccccc1-n1nc(C(=O)O)nc1C. The summed E-state index contributed by atoms with van der Waals surface area (Å²) in [6.45, 7) is 2.32.